The van der Waals surface area contributed by atoms with Crippen LogP contribution >= 0.6 is 0 Å². The molecule has 0 saturated heterocycles. The molecule has 0 aliphatic rings. The number of carbonyl (C=O) groups is 1. The third-order valence-electron chi connectivity index (χ3n) is 3.83. The highest BCUT2D eigenvalue weighted by Crippen LogP contribution is 2.28. The van der Waals surface area contributed by atoms with Crippen LogP contribution in [0.2, 0.25) is 0 Å². The first-order valence-electron chi connectivity index (χ1n) is 7.14. The lowest BCUT2D eigenvalue weighted by atomic mass is 10.1. The van der Waals surface area contributed by atoms with Gasteiger partial charge in [-0.1, -0.05) is 42.5 Å². The van der Waals surface area contributed by atoms with Crippen molar-refractivity contribution in [3.8, 4) is 16.9 Å². The van der Waals surface area contributed by atoms with Crippen LogP contribution in [0.5, 0.6) is 0 Å². The van der Waals surface area contributed by atoms with Crippen LogP contribution in [-0.4, -0.2) is 10.5 Å². The molecule has 0 bridgehead atoms. The van der Waals surface area contributed by atoms with Gasteiger partial charge in [0.1, 0.15) is 0 Å². The SMILES string of the molecule is Cc1ccc(C(=O)[O-])cc1-n1c(C)ccc1-c1ccccc1. The number of aryl methyl sites for hydroxylation is 2. The molecule has 1 heterocycles. The van der Waals surface area contributed by atoms with E-state index in [1.165, 1.54) is 0 Å². The number of rotatable bonds is 3. The number of hydrogen-bond donors (Lipinski definition) is 0. The Kier molecular flexibility index (Phi) is 3.55. The highest BCUT2D eigenvalue weighted by molar-refractivity contribution is 5.87. The monoisotopic (exact) mass is 290 g/mol. The summed E-state index contributed by atoms with van der Waals surface area (Å²) in [6.07, 6.45) is 0. The minimum absolute atomic E-state index is 0.188. The van der Waals surface area contributed by atoms with Crippen molar-refractivity contribution in [2.24, 2.45) is 0 Å². The molecule has 0 aliphatic heterocycles. The van der Waals surface area contributed by atoms with E-state index in [0.717, 1.165) is 28.2 Å². The zero-order valence-electron chi connectivity index (χ0n) is 12.5. The minimum Gasteiger partial charge on any atom is -0.545 e. The molecule has 0 unspecified atom stereocenters. The first-order chi connectivity index (χ1) is 10.6. The van der Waals surface area contributed by atoms with Crippen molar-refractivity contribution in [2.75, 3.05) is 0 Å². The van der Waals surface area contributed by atoms with E-state index in [1.807, 2.05) is 56.3 Å². The lowest BCUT2D eigenvalue weighted by Gasteiger charge is -2.16. The van der Waals surface area contributed by atoms with Crippen LogP contribution in [0.15, 0.2) is 60.7 Å². The van der Waals surface area contributed by atoms with Crippen molar-refractivity contribution in [3.05, 3.63) is 77.5 Å². The standard InChI is InChI=1S/C19H17NO2/c1-13-8-10-16(19(21)22)12-18(13)20-14(2)9-11-17(20)15-6-4-3-5-7-15/h3-12H,1-2H3,(H,21,22)/p-1. The van der Waals surface area contributed by atoms with E-state index in [1.54, 1.807) is 12.1 Å². The molecule has 0 radical (unpaired) electrons. The lowest BCUT2D eigenvalue weighted by molar-refractivity contribution is -0.255. The molecule has 0 N–H and O–H groups in total. The Balaban J connectivity index is 2.23. The van der Waals surface area contributed by atoms with Crippen LogP contribution in [0, 0.1) is 13.8 Å². The van der Waals surface area contributed by atoms with Crippen LogP contribution < -0.4 is 5.11 Å². The maximum Gasteiger partial charge on any atom is 0.0716 e. The topological polar surface area (TPSA) is 45.1 Å². The number of hydrogen-bond acceptors (Lipinski definition) is 2. The summed E-state index contributed by atoms with van der Waals surface area (Å²) in [5.74, 6) is -1.16. The normalized spacial score (nSPS) is 10.6. The summed E-state index contributed by atoms with van der Waals surface area (Å²) >= 11 is 0. The fourth-order valence-corrected chi connectivity index (χ4v) is 2.67. The highest BCUT2D eigenvalue weighted by atomic mass is 16.4. The van der Waals surface area contributed by atoms with Crippen molar-refractivity contribution in [1.29, 1.82) is 0 Å². The van der Waals surface area contributed by atoms with Gasteiger partial charge < -0.3 is 14.5 Å². The maximum absolute atomic E-state index is 11.2. The summed E-state index contributed by atoms with van der Waals surface area (Å²) in [7, 11) is 0. The fraction of sp³-hybridized carbons (Fsp3) is 0.105. The molecule has 1 aromatic heterocycles. The second-order valence-corrected chi connectivity index (χ2v) is 5.35. The molecule has 0 saturated carbocycles. The molecule has 3 nitrogen and oxygen atoms in total. The van der Waals surface area contributed by atoms with E-state index in [-0.39, 0.29) is 5.56 Å². The Morgan fingerprint density at radius 2 is 1.68 bits per heavy atom. The van der Waals surface area contributed by atoms with E-state index in [2.05, 4.69) is 10.6 Å². The number of aromatic carboxylic acids is 1. The van der Waals surface area contributed by atoms with Gasteiger partial charge in [0.25, 0.3) is 0 Å². The van der Waals surface area contributed by atoms with Crippen LogP contribution in [-0.2, 0) is 0 Å². The van der Waals surface area contributed by atoms with Gasteiger partial charge in [-0.25, -0.2) is 0 Å². The van der Waals surface area contributed by atoms with Gasteiger partial charge in [-0.15, -0.1) is 0 Å². The molecule has 0 amide bonds. The zero-order valence-corrected chi connectivity index (χ0v) is 12.5. The number of nitrogens with zero attached hydrogens (tertiary/aromatic N) is 1. The predicted molar refractivity (Wildman–Crippen MR) is 85.0 cm³/mol. The molecule has 0 fully saturated rings. The van der Waals surface area contributed by atoms with Gasteiger partial charge in [0.2, 0.25) is 0 Å². The first kappa shape index (κ1) is 14.1. The third-order valence-corrected chi connectivity index (χ3v) is 3.83. The van der Waals surface area contributed by atoms with E-state index < -0.39 is 5.97 Å². The van der Waals surface area contributed by atoms with Crippen LogP contribution in [0.1, 0.15) is 21.6 Å². The maximum atomic E-state index is 11.2. The minimum atomic E-state index is -1.16. The van der Waals surface area contributed by atoms with Crippen LogP contribution in [0.4, 0.5) is 0 Å². The van der Waals surface area contributed by atoms with Crippen LogP contribution in [0.25, 0.3) is 16.9 Å². The Morgan fingerprint density at radius 3 is 2.36 bits per heavy atom. The average molecular weight is 290 g/mol. The smallest absolute Gasteiger partial charge is 0.0716 e. The van der Waals surface area contributed by atoms with Crippen LogP contribution in [0.3, 0.4) is 0 Å². The highest BCUT2D eigenvalue weighted by Gasteiger charge is 2.12. The van der Waals surface area contributed by atoms with Crippen molar-refractivity contribution >= 4 is 5.97 Å². The summed E-state index contributed by atoms with van der Waals surface area (Å²) < 4.78 is 2.08. The molecule has 22 heavy (non-hydrogen) atoms. The number of carboxylic acid groups (broad SMARTS) is 1. The summed E-state index contributed by atoms with van der Waals surface area (Å²) in [4.78, 5) is 11.2. The molecule has 0 aliphatic carbocycles. The van der Waals surface area contributed by atoms with Gasteiger partial charge in [-0.05, 0) is 48.7 Å². The molecule has 110 valence electrons. The Hall–Kier alpha value is -2.81. The van der Waals surface area contributed by atoms with Crippen molar-refractivity contribution in [2.45, 2.75) is 13.8 Å². The van der Waals surface area contributed by atoms with Crippen molar-refractivity contribution in [1.82, 2.24) is 4.57 Å². The molecule has 3 rings (SSSR count). The number of carboxylic acids is 1. The molecule has 0 atom stereocenters. The molecular formula is C19H16NO2-. The van der Waals surface area contributed by atoms with Gasteiger partial charge in [0.05, 0.1) is 11.7 Å². The summed E-state index contributed by atoms with van der Waals surface area (Å²) in [6, 6.07) is 19.2. The fourth-order valence-electron chi connectivity index (χ4n) is 2.67. The number of aromatic nitrogens is 1. The van der Waals surface area contributed by atoms with Gasteiger partial charge in [-0.2, -0.15) is 0 Å². The average Bonchev–Trinajstić information content (AvgIpc) is 2.90. The van der Waals surface area contributed by atoms with E-state index in [9.17, 15) is 9.90 Å². The second kappa shape index (κ2) is 5.53. The number of carbonyl (C=O) groups excluding carboxylic acids is 1. The summed E-state index contributed by atoms with van der Waals surface area (Å²) in [6.45, 7) is 3.99. The van der Waals surface area contributed by atoms with Gasteiger partial charge in [0.15, 0.2) is 0 Å². The molecule has 2 aromatic carbocycles. The Morgan fingerprint density at radius 1 is 0.955 bits per heavy atom. The lowest BCUT2D eigenvalue weighted by Crippen LogP contribution is -2.22. The summed E-state index contributed by atoms with van der Waals surface area (Å²) in [5, 5.41) is 11.2. The van der Waals surface area contributed by atoms with Crippen molar-refractivity contribution in [3.63, 3.8) is 0 Å². The quantitative estimate of drug-likeness (QED) is 0.744. The van der Waals surface area contributed by atoms with E-state index >= 15 is 0 Å². The number of benzene rings is 2. The molecule has 3 aromatic rings. The Labute approximate surface area is 129 Å². The zero-order chi connectivity index (χ0) is 15.7. The first-order valence-corrected chi connectivity index (χ1v) is 7.14. The predicted octanol–water partition coefficient (Wildman–Crippen LogP) is 3.12. The molecule has 0 spiro atoms. The molecular weight excluding hydrogens is 274 g/mol. The van der Waals surface area contributed by atoms with E-state index in [4.69, 9.17) is 0 Å². The van der Waals surface area contributed by atoms with Gasteiger partial charge in [-0.3, -0.25) is 0 Å². The molecule has 3 heteroatoms. The van der Waals surface area contributed by atoms with Crippen molar-refractivity contribution < 1.29 is 9.90 Å². The van der Waals surface area contributed by atoms with Gasteiger partial charge >= 0.3 is 0 Å². The summed E-state index contributed by atoms with van der Waals surface area (Å²) in [5.41, 5.74) is 5.25. The van der Waals surface area contributed by atoms with Gasteiger partial charge in [0, 0.05) is 11.4 Å². The Bertz CT molecular complexity index is 832. The van der Waals surface area contributed by atoms with E-state index in [0.29, 0.717) is 0 Å². The largest absolute Gasteiger partial charge is 0.545 e. The third kappa shape index (κ3) is 2.42. The second-order valence-electron chi connectivity index (χ2n) is 5.35.